The Morgan fingerprint density at radius 1 is 1.11 bits per heavy atom. The van der Waals surface area contributed by atoms with E-state index in [0.29, 0.717) is 6.42 Å². The third-order valence-corrected chi connectivity index (χ3v) is 5.95. The minimum Gasteiger partial charge on any atom is -0.332 e. The molecule has 4 nitrogen and oxygen atoms in total. The third kappa shape index (κ3) is 2.99. The average Bonchev–Trinajstić information content (AvgIpc) is 3.03. The monoisotopic (exact) mass is 369 g/mol. The zero-order valence-corrected chi connectivity index (χ0v) is 16.0. The number of aromatic nitrogens is 2. The molecule has 5 rings (SSSR count). The maximum Gasteiger partial charge on any atom is 0.227 e. The molecule has 2 aromatic carbocycles. The lowest BCUT2D eigenvalue weighted by atomic mass is 9.97. The minimum absolute atomic E-state index is 0.121. The van der Waals surface area contributed by atoms with Crippen molar-refractivity contribution in [3.63, 3.8) is 0 Å². The third-order valence-electron chi connectivity index (χ3n) is 5.95. The van der Waals surface area contributed by atoms with Gasteiger partial charge >= 0.3 is 0 Å². The Morgan fingerprint density at radius 2 is 1.96 bits per heavy atom. The Morgan fingerprint density at radius 3 is 2.79 bits per heavy atom. The fourth-order valence-corrected chi connectivity index (χ4v) is 4.67. The Kier molecular flexibility index (Phi) is 4.19. The van der Waals surface area contributed by atoms with Gasteiger partial charge in [0.25, 0.3) is 0 Å². The first-order chi connectivity index (χ1) is 13.7. The molecule has 2 unspecified atom stereocenters. The lowest BCUT2D eigenvalue weighted by Crippen LogP contribution is -2.43. The largest absolute Gasteiger partial charge is 0.332 e. The van der Waals surface area contributed by atoms with Gasteiger partial charge in [-0.3, -0.25) is 4.79 Å². The number of fused-ring (bicyclic) bond motifs is 4. The van der Waals surface area contributed by atoms with Crippen molar-refractivity contribution in [3.8, 4) is 11.4 Å². The van der Waals surface area contributed by atoms with Crippen LogP contribution in [0.5, 0.6) is 0 Å². The molecule has 0 aliphatic carbocycles. The highest BCUT2D eigenvalue weighted by Gasteiger charge is 2.43. The molecule has 0 spiro atoms. The van der Waals surface area contributed by atoms with Gasteiger partial charge < -0.3 is 4.90 Å². The van der Waals surface area contributed by atoms with Crippen LogP contribution < -0.4 is 0 Å². The summed E-state index contributed by atoms with van der Waals surface area (Å²) in [6.07, 6.45) is 5.29. The predicted octanol–water partition coefficient (Wildman–Crippen LogP) is 4.28. The quantitative estimate of drug-likeness (QED) is 0.692. The standard InChI is InChI=1S/C24H23N3O/c1-16-6-5-7-17(12-16)13-23(28)27-19-10-11-22(27)20-15-25-24(26-21(20)14-19)18-8-3-2-4-9-18/h2-9,12,15,19,22H,10-11,13-14H2,1H3. The van der Waals surface area contributed by atoms with Crippen LogP contribution in [0.4, 0.5) is 0 Å². The van der Waals surface area contributed by atoms with E-state index in [4.69, 9.17) is 4.98 Å². The van der Waals surface area contributed by atoms with Crippen molar-refractivity contribution in [2.24, 2.45) is 0 Å². The van der Waals surface area contributed by atoms with Crippen LogP contribution in [0.1, 0.15) is 41.3 Å². The second-order valence-electron chi connectivity index (χ2n) is 7.88. The Bertz CT molecular complexity index is 1030. The minimum atomic E-state index is 0.121. The summed E-state index contributed by atoms with van der Waals surface area (Å²) in [5.74, 6) is 0.995. The molecule has 2 atom stereocenters. The van der Waals surface area contributed by atoms with E-state index in [1.54, 1.807) is 0 Å². The van der Waals surface area contributed by atoms with Gasteiger partial charge in [-0.25, -0.2) is 9.97 Å². The van der Waals surface area contributed by atoms with Crippen molar-refractivity contribution < 1.29 is 4.79 Å². The first-order valence-corrected chi connectivity index (χ1v) is 9.97. The molecular weight excluding hydrogens is 346 g/mol. The predicted molar refractivity (Wildman–Crippen MR) is 109 cm³/mol. The molecule has 1 saturated heterocycles. The van der Waals surface area contributed by atoms with Gasteiger partial charge in [-0.1, -0.05) is 60.2 Å². The maximum atomic E-state index is 13.1. The summed E-state index contributed by atoms with van der Waals surface area (Å²) in [7, 11) is 0. The number of amides is 1. The zero-order valence-electron chi connectivity index (χ0n) is 16.0. The summed E-state index contributed by atoms with van der Waals surface area (Å²) in [5, 5.41) is 0. The molecule has 4 heteroatoms. The number of hydrogen-bond donors (Lipinski definition) is 0. The van der Waals surface area contributed by atoms with E-state index in [-0.39, 0.29) is 18.0 Å². The van der Waals surface area contributed by atoms with E-state index >= 15 is 0 Å². The van der Waals surface area contributed by atoms with Crippen LogP contribution in [-0.4, -0.2) is 26.8 Å². The van der Waals surface area contributed by atoms with E-state index in [1.807, 2.05) is 48.7 Å². The van der Waals surface area contributed by atoms with Crippen LogP contribution in [-0.2, 0) is 17.6 Å². The van der Waals surface area contributed by atoms with Gasteiger partial charge in [-0.05, 0) is 25.3 Å². The number of benzene rings is 2. The number of carbonyl (C=O) groups excluding carboxylic acids is 1. The topological polar surface area (TPSA) is 46.1 Å². The Labute approximate surface area is 165 Å². The van der Waals surface area contributed by atoms with Crippen LogP contribution in [0.2, 0.25) is 0 Å². The number of nitrogens with zero attached hydrogens (tertiary/aromatic N) is 3. The van der Waals surface area contributed by atoms with Crippen LogP contribution >= 0.6 is 0 Å². The first kappa shape index (κ1) is 17.1. The normalized spacial score (nSPS) is 20.1. The van der Waals surface area contributed by atoms with Crippen molar-refractivity contribution in [3.05, 3.63) is 83.2 Å². The van der Waals surface area contributed by atoms with Crippen LogP contribution in [0.15, 0.2) is 60.8 Å². The molecule has 0 radical (unpaired) electrons. The summed E-state index contributed by atoms with van der Waals surface area (Å²) in [6, 6.07) is 18.7. The van der Waals surface area contributed by atoms with Crippen LogP contribution in [0.25, 0.3) is 11.4 Å². The van der Waals surface area contributed by atoms with Crippen molar-refractivity contribution >= 4 is 5.91 Å². The van der Waals surface area contributed by atoms with Gasteiger partial charge in [0.15, 0.2) is 5.82 Å². The van der Waals surface area contributed by atoms with E-state index in [2.05, 4.69) is 28.9 Å². The Hall–Kier alpha value is -3.01. The summed E-state index contributed by atoms with van der Waals surface area (Å²) < 4.78 is 0. The summed E-state index contributed by atoms with van der Waals surface area (Å²) in [4.78, 5) is 24.7. The SMILES string of the molecule is Cc1cccc(CC(=O)N2C3CCC2c2cnc(-c4ccccc4)nc2C3)c1. The zero-order chi connectivity index (χ0) is 19.1. The van der Waals surface area contributed by atoms with Crippen molar-refractivity contribution in [1.82, 2.24) is 14.9 Å². The van der Waals surface area contributed by atoms with E-state index in [1.165, 1.54) is 5.56 Å². The molecule has 2 bridgehead atoms. The fraction of sp³-hybridized carbons (Fsp3) is 0.292. The van der Waals surface area contributed by atoms with Crippen molar-refractivity contribution in [1.29, 1.82) is 0 Å². The second-order valence-corrected chi connectivity index (χ2v) is 7.88. The van der Waals surface area contributed by atoms with Gasteiger partial charge in [-0.15, -0.1) is 0 Å². The summed E-state index contributed by atoms with van der Waals surface area (Å²) >= 11 is 0. The first-order valence-electron chi connectivity index (χ1n) is 9.97. The molecule has 1 amide bonds. The molecule has 140 valence electrons. The highest BCUT2D eigenvalue weighted by atomic mass is 16.2. The fourth-order valence-electron chi connectivity index (χ4n) is 4.67. The molecular formula is C24H23N3O. The maximum absolute atomic E-state index is 13.1. The molecule has 0 saturated carbocycles. The lowest BCUT2D eigenvalue weighted by Gasteiger charge is -2.36. The molecule has 3 aromatic rings. The highest BCUT2D eigenvalue weighted by Crippen LogP contribution is 2.43. The Balaban J connectivity index is 1.42. The van der Waals surface area contributed by atoms with Gasteiger partial charge in [0.05, 0.1) is 18.2 Å². The summed E-state index contributed by atoms with van der Waals surface area (Å²) in [5.41, 5.74) is 5.56. The molecule has 0 N–H and O–H groups in total. The van der Waals surface area contributed by atoms with E-state index < -0.39 is 0 Å². The van der Waals surface area contributed by atoms with E-state index in [9.17, 15) is 4.79 Å². The van der Waals surface area contributed by atoms with Crippen molar-refractivity contribution in [2.45, 2.75) is 44.7 Å². The van der Waals surface area contributed by atoms with Crippen molar-refractivity contribution in [2.75, 3.05) is 0 Å². The van der Waals surface area contributed by atoms with E-state index in [0.717, 1.165) is 47.5 Å². The number of carbonyl (C=O) groups is 1. The number of rotatable bonds is 3. The lowest BCUT2D eigenvalue weighted by molar-refractivity contribution is -0.134. The van der Waals surface area contributed by atoms with Gasteiger partial charge in [-0.2, -0.15) is 0 Å². The van der Waals surface area contributed by atoms with Gasteiger partial charge in [0.2, 0.25) is 5.91 Å². The average molecular weight is 369 g/mol. The molecule has 1 aromatic heterocycles. The molecule has 2 aliphatic heterocycles. The number of hydrogen-bond acceptors (Lipinski definition) is 3. The molecule has 28 heavy (non-hydrogen) atoms. The van der Waals surface area contributed by atoms with Crippen LogP contribution in [0, 0.1) is 6.92 Å². The smallest absolute Gasteiger partial charge is 0.227 e. The van der Waals surface area contributed by atoms with Gasteiger partial charge in [0.1, 0.15) is 0 Å². The summed E-state index contributed by atoms with van der Waals surface area (Å²) in [6.45, 7) is 2.07. The van der Waals surface area contributed by atoms with Gasteiger partial charge in [0, 0.05) is 29.8 Å². The molecule has 3 heterocycles. The highest BCUT2D eigenvalue weighted by molar-refractivity contribution is 5.80. The molecule has 2 aliphatic rings. The number of aryl methyl sites for hydroxylation is 1. The molecule has 1 fully saturated rings. The van der Waals surface area contributed by atoms with Crippen LogP contribution in [0.3, 0.4) is 0 Å². The second kappa shape index (κ2) is 6.86.